The summed E-state index contributed by atoms with van der Waals surface area (Å²) in [6, 6.07) is 5.31. The molecule has 6 nitrogen and oxygen atoms in total. The first-order valence-corrected chi connectivity index (χ1v) is 8.63. The molecule has 0 aliphatic carbocycles. The molecule has 0 aliphatic heterocycles. The highest BCUT2D eigenvalue weighted by molar-refractivity contribution is 9.10. The van der Waals surface area contributed by atoms with E-state index >= 15 is 0 Å². The number of aryl methyl sites for hydroxylation is 1. The van der Waals surface area contributed by atoms with Gasteiger partial charge in [-0.05, 0) is 31.0 Å². The number of hydrogen-bond acceptors (Lipinski definition) is 4. The molecule has 0 atom stereocenters. The normalized spacial score (nSPS) is 11.6. The van der Waals surface area contributed by atoms with E-state index in [1.54, 1.807) is 12.1 Å². The zero-order chi connectivity index (χ0) is 15.5. The zero-order valence-electron chi connectivity index (χ0n) is 11.5. The van der Waals surface area contributed by atoms with Gasteiger partial charge in [0.1, 0.15) is 4.90 Å². The molecule has 21 heavy (non-hydrogen) atoms. The number of sulfonamides is 1. The number of aromatic nitrogens is 2. The Morgan fingerprint density at radius 1 is 1.43 bits per heavy atom. The summed E-state index contributed by atoms with van der Waals surface area (Å²) in [5, 5.41) is 12.7. The summed E-state index contributed by atoms with van der Waals surface area (Å²) in [6.07, 6.45) is 3.28. The van der Waals surface area contributed by atoms with Gasteiger partial charge in [-0.15, -0.1) is 0 Å². The average molecular weight is 374 g/mol. The van der Waals surface area contributed by atoms with Gasteiger partial charge in [-0.2, -0.15) is 5.10 Å². The van der Waals surface area contributed by atoms with Crippen molar-refractivity contribution in [2.75, 3.05) is 11.3 Å². The van der Waals surface area contributed by atoms with E-state index in [0.717, 1.165) is 10.0 Å². The van der Waals surface area contributed by atoms with Crippen LogP contribution >= 0.6 is 15.9 Å². The number of halogens is 1. The van der Waals surface area contributed by atoms with Crippen molar-refractivity contribution >= 4 is 31.6 Å². The quantitative estimate of drug-likeness (QED) is 0.812. The van der Waals surface area contributed by atoms with Crippen LogP contribution in [0, 0.1) is 6.92 Å². The second-order valence-electron chi connectivity index (χ2n) is 4.53. The summed E-state index contributed by atoms with van der Waals surface area (Å²) in [7, 11) is -3.67. The summed E-state index contributed by atoms with van der Waals surface area (Å²) in [4.78, 5) is 0.0971. The lowest BCUT2D eigenvalue weighted by Crippen LogP contribution is -2.13. The predicted molar refractivity (Wildman–Crippen MR) is 83.6 cm³/mol. The number of nitrogens with one attached hydrogen (secondary N) is 1. The Balaban J connectivity index is 2.22. The van der Waals surface area contributed by atoms with Gasteiger partial charge in [0.15, 0.2) is 0 Å². The maximum absolute atomic E-state index is 12.3. The van der Waals surface area contributed by atoms with Crippen LogP contribution < -0.4 is 4.72 Å². The molecule has 2 aromatic rings. The van der Waals surface area contributed by atoms with Crippen LogP contribution in [0.4, 0.5) is 5.69 Å². The van der Waals surface area contributed by atoms with Crippen LogP contribution in [0.15, 0.2) is 40.0 Å². The lowest BCUT2D eigenvalue weighted by Gasteiger charge is -2.10. The van der Waals surface area contributed by atoms with Crippen LogP contribution in [0.1, 0.15) is 12.0 Å². The lowest BCUT2D eigenvalue weighted by molar-refractivity contribution is 0.277. The van der Waals surface area contributed by atoms with Crippen LogP contribution in [0.5, 0.6) is 0 Å². The molecule has 1 aromatic carbocycles. The minimum absolute atomic E-state index is 0.0391. The minimum atomic E-state index is -3.67. The van der Waals surface area contributed by atoms with Crippen LogP contribution in [-0.2, 0) is 16.6 Å². The number of anilines is 1. The lowest BCUT2D eigenvalue weighted by atomic mass is 10.2. The SMILES string of the molecule is Cc1c(Br)cccc1NS(=O)(=O)c1cnn(CCCO)c1. The Morgan fingerprint density at radius 2 is 2.19 bits per heavy atom. The van der Waals surface area contributed by atoms with Gasteiger partial charge in [0, 0.05) is 23.8 Å². The maximum Gasteiger partial charge on any atom is 0.265 e. The second kappa shape index (κ2) is 6.59. The molecule has 0 saturated heterocycles. The molecule has 8 heteroatoms. The standard InChI is InChI=1S/C13H16BrN3O3S/c1-10-12(14)4-2-5-13(10)16-21(19,20)11-8-15-17(9-11)6-3-7-18/h2,4-5,8-9,16,18H,3,6-7H2,1H3. The molecule has 0 saturated carbocycles. The van der Waals surface area contributed by atoms with Gasteiger partial charge in [0.2, 0.25) is 0 Å². The van der Waals surface area contributed by atoms with Gasteiger partial charge in [0.25, 0.3) is 10.0 Å². The molecular weight excluding hydrogens is 358 g/mol. The molecule has 0 radical (unpaired) electrons. The number of aliphatic hydroxyl groups excluding tert-OH is 1. The van der Waals surface area contributed by atoms with E-state index in [0.29, 0.717) is 18.7 Å². The molecule has 114 valence electrons. The molecule has 0 fully saturated rings. The van der Waals surface area contributed by atoms with E-state index in [2.05, 4.69) is 25.8 Å². The third-order valence-electron chi connectivity index (χ3n) is 2.98. The fourth-order valence-corrected chi connectivity index (χ4v) is 3.20. The largest absolute Gasteiger partial charge is 0.396 e. The first-order valence-electron chi connectivity index (χ1n) is 6.35. The third kappa shape index (κ3) is 3.84. The second-order valence-corrected chi connectivity index (χ2v) is 7.07. The zero-order valence-corrected chi connectivity index (χ0v) is 13.9. The van der Waals surface area contributed by atoms with E-state index < -0.39 is 10.0 Å². The van der Waals surface area contributed by atoms with Gasteiger partial charge in [-0.1, -0.05) is 22.0 Å². The number of benzene rings is 1. The van der Waals surface area contributed by atoms with Crippen molar-refractivity contribution in [2.24, 2.45) is 0 Å². The van der Waals surface area contributed by atoms with Gasteiger partial charge in [-0.3, -0.25) is 9.40 Å². The van der Waals surface area contributed by atoms with Crippen molar-refractivity contribution in [2.45, 2.75) is 24.8 Å². The molecule has 0 aliphatic rings. The number of aliphatic hydroxyl groups is 1. The van der Waals surface area contributed by atoms with Crippen LogP contribution in [0.3, 0.4) is 0 Å². The van der Waals surface area contributed by atoms with Crippen molar-refractivity contribution < 1.29 is 13.5 Å². The first kappa shape index (κ1) is 16.0. The summed E-state index contributed by atoms with van der Waals surface area (Å²) >= 11 is 3.37. The van der Waals surface area contributed by atoms with E-state index in [4.69, 9.17) is 5.11 Å². The topological polar surface area (TPSA) is 84.2 Å². The average Bonchev–Trinajstić information content (AvgIpc) is 2.91. The smallest absolute Gasteiger partial charge is 0.265 e. The van der Waals surface area contributed by atoms with E-state index in [1.165, 1.54) is 17.1 Å². The minimum Gasteiger partial charge on any atom is -0.396 e. The first-order chi connectivity index (χ1) is 9.94. The van der Waals surface area contributed by atoms with Gasteiger partial charge < -0.3 is 5.11 Å². The van der Waals surface area contributed by atoms with Crippen molar-refractivity contribution in [1.29, 1.82) is 0 Å². The van der Waals surface area contributed by atoms with Crippen LogP contribution in [0.25, 0.3) is 0 Å². The Labute approximate surface area is 132 Å². The Bertz CT molecular complexity index is 728. The molecule has 2 rings (SSSR count). The number of nitrogens with zero attached hydrogens (tertiary/aromatic N) is 2. The van der Waals surface area contributed by atoms with Crippen molar-refractivity contribution in [1.82, 2.24) is 9.78 Å². The highest BCUT2D eigenvalue weighted by Crippen LogP contribution is 2.25. The summed E-state index contributed by atoms with van der Waals surface area (Å²) in [5.74, 6) is 0. The molecular formula is C13H16BrN3O3S. The Hall–Kier alpha value is -1.38. The summed E-state index contributed by atoms with van der Waals surface area (Å²) in [6.45, 7) is 2.34. The van der Waals surface area contributed by atoms with E-state index in [1.807, 2.05) is 13.0 Å². The predicted octanol–water partition coefficient (Wildman–Crippen LogP) is 2.14. The van der Waals surface area contributed by atoms with Crippen molar-refractivity contribution in [3.05, 3.63) is 40.6 Å². The van der Waals surface area contributed by atoms with Crippen molar-refractivity contribution in [3.63, 3.8) is 0 Å². The molecule has 0 bridgehead atoms. The maximum atomic E-state index is 12.3. The molecule has 1 heterocycles. The molecule has 2 N–H and O–H groups in total. The van der Waals surface area contributed by atoms with Crippen LogP contribution in [-0.4, -0.2) is 29.9 Å². The van der Waals surface area contributed by atoms with Crippen molar-refractivity contribution in [3.8, 4) is 0 Å². The fraction of sp³-hybridized carbons (Fsp3) is 0.308. The van der Waals surface area contributed by atoms with Gasteiger partial charge in [0.05, 0.1) is 11.9 Å². The Kier molecular flexibility index (Phi) is 5.02. The molecule has 0 spiro atoms. The van der Waals surface area contributed by atoms with E-state index in [9.17, 15) is 8.42 Å². The molecule has 0 amide bonds. The van der Waals surface area contributed by atoms with Crippen LogP contribution in [0.2, 0.25) is 0 Å². The van der Waals surface area contributed by atoms with E-state index in [-0.39, 0.29) is 11.5 Å². The number of rotatable bonds is 6. The fourth-order valence-electron chi connectivity index (χ4n) is 1.76. The highest BCUT2D eigenvalue weighted by atomic mass is 79.9. The molecule has 1 aromatic heterocycles. The number of hydrogen-bond donors (Lipinski definition) is 2. The van der Waals surface area contributed by atoms with Gasteiger partial charge in [-0.25, -0.2) is 8.42 Å². The third-order valence-corrected chi connectivity index (χ3v) is 5.16. The summed E-state index contributed by atoms with van der Waals surface area (Å²) < 4.78 is 29.5. The summed E-state index contributed by atoms with van der Waals surface area (Å²) in [5.41, 5.74) is 1.33. The molecule has 0 unspecified atom stereocenters. The Morgan fingerprint density at radius 3 is 2.90 bits per heavy atom. The van der Waals surface area contributed by atoms with Gasteiger partial charge >= 0.3 is 0 Å². The monoisotopic (exact) mass is 373 g/mol. The highest BCUT2D eigenvalue weighted by Gasteiger charge is 2.18.